The molecular formula is C17H24N2O. The van der Waals surface area contributed by atoms with Crippen molar-refractivity contribution < 1.29 is 4.79 Å². The first kappa shape index (κ1) is 13.6. The fraction of sp³-hybridized carbons (Fsp3) is 0.588. The zero-order valence-electron chi connectivity index (χ0n) is 12.5. The van der Waals surface area contributed by atoms with E-state index in [9.17, 15) is 4.79 Å². The van der Waals surface area contributed by atoms with Gasteiger partial charge in [0.15, 0.2) is 0 Å². The maximum atomic E-state index is 12.7. The van der Waals surface area contributed by atoms with Crippen LogP contribution in [-0.2, 0) is 11.2 Å². The highest BCUT2D eigenvalue weighted by Gasteiger charge is 2.51. The summed E-state index contributed by atoms with van der Waals surface area (Å²) in [6.45, 7) is 5.01. The molecule has 108 valence electrons. The molecule has 3 nitrogen and oxygen atoms in total. The molecule has 3 heteroatoms. The molecule has 1 N–H and O–H groups in total. The lowest BCUT2D eigenvalue weighted by Crippen LogP contribution is -2.43. The summed E-state index contributed by atoms with van der Waals surface area (Å²) in [6.07, 6.45) is 5.42. The summed E-state index contributed by atoms with van der Waals surface area (Å²) in [4.78, 5) is 14.7. The summed E-state index contributed by atoms with van der Waals surface area (Å²) < 4.78 is 0. The molecule has 1 aromatic carbocycles. The Balaban J connectivity index is 1.89. The van der Waals surface area contributed by atoms with Crippen LogP contribution in [0.25, 0.3) is 0 Å². The number of aryl methyl sites for hydroxylation is 1. The highest BCUT2D eigenvalue weighted by molar-refractivity contribution is 5.89. The maximum absolute atomic E-state index is 12.7. The molecule has 3 rings (SSSR count). The van der Waals surface area contributed by atoms with Gasteiger partial charge < -0.3 is 4.90 Å². The van der Waals surface area contributed by atoms with Gasteiger partial charge in [-0.25, -0.2) is 0 Å². The van der Waals surface area contributed by atoms with Crippen LogP contribution >= 0.6 is 0 Å². The van der Waals surface area contributed by atoms with E-state index >= 15 is 0 Å². The SMILES string of the molecule is CCc1ccc(C2NC3(CCCC3)C(=O)N2CC)cc1. The predicted octanol–water partition coefficient (Wildman–Crippen LogP) is 3.01. The maximum Gasteiger partial charge on any atom is 0.244 e. The van der Waals surface area contributed by atoms with Crippen molar-refractivity contribution in [1.29, 1.82) is 0 Å². The molecule has 2 fully saturated rings. The minimum Gasteiger partial charge on any atom is -0.322 e. The predicted molar refractivity (Wildman–Crippen MR) is 80.3 cm³/mol. The van der Waals surface area contributed by atoms with Gasteiger partial charge in [-0.3, -0.25) is 10.1 Å². The average Bonchev–Trinajstić information content (AvgIpc) is 3.06. The minimum atomic E-state index is -0.274. The van der Waals surface area contributed by atoms with Crippen LogP contribution < -0.4 is 5.32 Å². The van der Waals surface area contributed by atoms with Crippen LogP contribution in [-0.4, -0.2) is 22.9 Å². The third-order valence-electron chi connectivity index (χ3n) is 4.90. The summed E-state index contributed by atoms with van der Waals surface area (Å²) in [5.74, 6) is 0.307. The second-order valence-corrected chi connectivity index (χ2v) is 6.02. The zero-order valence-corrected chi connectivity index (χ0v) is 12.5. The lowest BCUT2D eigenvalue weighted by atomic mass is 9.98. The van der Waals surface area contributed by atoms with E-state index < -0.39 is 0 Å². The third kappa shape index (κ3) is 2.05. The Morgan fingerprint density at radius 3 is 2.40 bits per heavy atom. The molecule has 1 aliphatic heterocycles. The van der Waals surface area contributed by atoms with Gasteiger partial charge in [0.25, 0.3) is 0 Å². The number of carbonyl (C=O) groups is 1. The minimum absolute atomic E-state index is 0.0523. The number of nitrogens with zero attached hydrogens (tertiary/aromatic N) is 1. The number of likely N-dealkylation sites (N-methyl/N-ethyl adjacent to an activating group) is 1. The van der Waals surface area contributed by atoms with E-state index in [0.717, 1.165) is 38.6 Å². The molecular weight excluding hydrogens is 248 g/mol. The number of amides is 1. The molecule has 1 spiro atoms. The van der Waals surface area contributed by atoms with Crippen LogP contribution in [0.4, 0.5) is 0 Å². The fourth-order valence-electron chi connectivity index (χ4n) is 3.66. The van der Waals surface area contributed by atoms with Crippen LogP contribution in [0.2, 0.25) is 0 Å². The van der Waals surface area contributed by atoms with Gasteiger partial charge in [0.05, 0.1) is 5.54 Å². The molecule has 1 unspecified atom stereocenters. The van der Waals surface area contributed by atoms with E-state index in [1.165, 1.54) is 11.1 Å². The van der Waals surface area contributed by atoms with Crippen LogP contribution in [0.3, 0.4) is 0 Å². The summed E-state index contributed by atoms with van der Waals surface area (Å²) >= 11 is 0. The lowest BCUT2D eigenvalue weighted by Gasteiger charge is -2.23. The summed E-state index contributed by atoms with van der Waals surface area (Å²) in [5.41, 5.74) is 2.28. The Kier molecular flexibility index (Phi) is 3.55. The third-order valence-corrected chi connectivity index (χ3v) is 4.90. The molecule has 1 heterocycles. The van der Waals surface area contributed by atoms with E-state index in [2.05, 4.69) is 43.4 Å². The van der Waals surface area contributed by atoms with Gasteiger partial charge in [-0.15, -0.1) is 0 Å². The Morgan fingerprint density at radius 1 is 1.20 bits per heavy atom. The number of nitrogens with one attached hydrogen (secondary N) is 1. The molecule has 0 aromatic heterocycles. The van der Waals surface area contributed by atoms with Crippen molar-refractivity contribution in [1.82, 2.24) is 10.2 Å². The van der Waals surface area contributed by atoms with Crippen molar-refractivity contribution in [3.63, 3.8) is 0 Å². The largest absolute Gasteiger partial charge is 0.322 e. The summed E-state index contributed by atoms with van der Waals surface area (Å²) in [6, 6.07) is 8.69. The molecule has 2 aliphatic rings. The summed E-state index contributed by atoms with van der Waals surface area (Å²) in [7, 11) is 0. The van der Waals surface area contributed by atoms with Gasteiger partial charge >= 0.3 is 0 Å². The topological polar surface area (TPSA) is 32.3 Å². The highest BCUT2D eigenvalue weighted by Crippen LogP contribution is 2.40. The second kappa shape index (κ2) is 5.21. The molecule has 1 amide bonds. The molecule has 1 aliphatic carbocycles. The molecule has 20 heavy (non-hydrogen) atoms. The summed E-state index contributed by atoms with van der Waals surface area (Å²) in [5, 5.41) is 3.65. The van der Waals surface area contributed by atoms with Crippen molar-refractivity contribution in [2.24, 2.45) is 0 Å². The van der Waals surface area contributed by atoms with E-state index in [0.29, 0.717) is 5.91 Å². The number of benzene rings is 1. The van der Waals surface area contributed by atoms with Crippen molar-refractivity contribution in [3.05, 3.63) is 35.4 Å². The molecule has 0 radical (unpaired) electrons. The van der Waals surface area contributed by atoms with E-state index in [4.69, 9.17) is 0 Å². The Morgan fingerprint density at radius 2 is 1.85 bits per heavy atom. The first-order valence-corrected chi connectivity index (χ1v) is 7.88. The first-order valence-electron chi connectivity index (χ1n) is 7.88. The number of hydrogen-bond donors (Lipinski definition) is 1. The average molecular weight is 272 g/mol. The second-order valence-electron chi connectivity index (χ2n) is 6.02. The van der Waals surface area contributed by atoms with E-state index in [1.54, 1.807) is 0 Å². The van der Waals surface area contributed by atoms with Gasteiger partial charge in [-0.2, -0.15) is 0 Å². The van der Waals surface area contributed by atoms with Crippen molar-refractivity contribution in [3.8, 4) is 0 Å². The molecule has 1 aromatic rings. The van der Waals surface area contributed by atoms with Gasteiger partial charge in [-0.05, 0) is 37.3 Å². The molecule has 1 saturated carbocycles. The Hall–Kier alpha value is -1.35. The lowest BCUT2D eigenvalue weighted by molar-refractivity contribution is -0.133. The van der Waals surface area contributed by atoms with Crippen molar-refractivity contribution in [2.75, 3.05) is 6.54 Å². The van der Waals surface area contributed by atoms with Gasteiger partial charge in [0, 0.05) is 6.54 Å². The normalized spacial score (nSPS) is 24.8. The fourth-order valence-corrected chi connectivity index (χ4v) is 3.66. The molecule has 0 bridgehead atoms. The van der Waals surface area contributed by atoms with Gasteiger partial charge in [0.2, 0.25) is 5.91 Å². The smallest absolute Gasteiger partial charge is 0.244 e. The molecule has 1 atom stereocenters. The van der Waals surface area contributed by atoms with E-state index in [1.807, 2.05) is 4.90 Å². The monoisotopic (exact) mass is 272 g/mol. The first-order chi connectivity index (χ1) is 9.70. The van der Waals surface area contributed by atoms with Crippen LogP contribution in [0.5, 0.6) is 0 Å². The highest BCUT2D eigenvalue weighted by atomic mass is 16.2. The van der Waals surface area contributed by atoms with Gasteiger partial charge in [0.1, 0.15) is 6.17 Å². The van der Waals surface area contributed by atoms with Gasteiger partial charge in [-0.1, -0.05) is 44.0 Å². The van der Waals surface area contributed by atoms with Crippen LogP contribution in [0, 0.1) is 0 Å². The van der Waals surface area contributed by atoms with E-state index in [-0.39, 0.29) is 11.7 Å². The zero-order chi connectivity index (χ0) is 14.2. The standard InChI is InChI=1S/C17H24N2O/c1-3-13-7-9-14(10-8-13)15-18-17(11-5-6-12-17)16(20)19(15)4-2/h7-10,15,18H,3-6,11-12H2,1-2H3. The number of carbonyl (C=O) groups excluding carboxylic acids is 1. The quantitative estimate of drug-likeness (QED) is 0.917. The Labute approximate surface area is 121 Å². The van der Waals surface area contributed by atoms with Crippen LogP contribution in [0.1, 0.15) is 56.8 Å². The molecule has 1 saturated heterocycles. The van der Waals surface area contributed by atoms with Crippen molar-refractivity contribution >= 4 is 5.91 Å². The number of hydrogen-bond acceptors (Lipinski definition) is 2. The number of rotatable bonds is 3. The van der Waals surface area contributed by atoms with Crippen molar-refractivity contribution in [2.45, 2.75) is 57.7 Å². The Bertz CT molecular complexity index is 488. The van der Waals surface area contributed by atoms with Crippen LogP contribution in [0.15, 0.2) is 24.3 Å².